The second kappa shape index (κ2) is 7.34. The van der Waals surface area contributed by atoms with E-state index in [1.165, 1.54) is 66.9 Å². The van der Waals surface area contributed by atoms with Crippen LogP contribution in [0.2, 0.25) is 0 Å². The highest BCUT2D eigenvalue weighted by Gasteiger charge is 2.48. The quantitative estimate of drug-likeness (QED) is 0.235. The number of rotatable bonds is 2. The van der Waals surface area contributed by atoms with Crippen LogP contribution < -0.4 is 21.3 Å². The van der Waals surface area contributed by atoms with Crippen molar-refractivity contribution < 1.29 is 0 Å². The van der Waals surface area contributed by atoms with Crippen molar-refractivity contribution in [1.82, 2.24) is 9.55 Å². The molecule has 0 aliphatic carbocycles. The zero-order chi connectivity index (χ0) is 26.9. The monoisotopic (exact) mass is 513 g/mol. The van der Waals surface area contributed by atoms with Crippen molar-refractivity contribution in [2.24, 2.45) is 0 Å². The molecule has 0 spiro atoms. The summed E-state index contributed by atoms with van der Waals surface area (Å²) in [5.74, 6) is 1.01. The Morgan fingerprint density at radius 2 is 1.43 bits per heavy atom. The third-order valence-electron chi connectivity index (χ3n) is 9.12. The number of aromatic nitrogens is 2. The minimum Gasteiger partial charge on any atom is -0.311 e. The van der Waals surface area contributed by atoms with Crippen LogP contribution in [0.1, 0.15) is 31.9 Å². The van der Waals surface area contributed by atoms with E-state index in [1.54, 1.807) is 0 Å². The summed E-state index contributed by atoms with van der Waals surface area (Å²) in [6, 6.07) is 36.0. The fourth-order valence-corrected chi connectivity index (χ4v) is 7.40. The van der Waals surface area contributed by atoms with Crippen molar-refractivity contribution in [3.8, 4) is 28.2 Å². The Bertz CT molecular complexity index is 2050. The number of fused-ring (bicyclic) bond motifs is 2. The maximum atomic E-state index is 5.26. The molecule has 3 aliphatic heterocycles. The van der Waals surface area contributed by atoms with E-state index in [0.29, 0.717) is 0 Å². The van der Waals surface area contributed by atoms with Gasteiger partial charge in [0, 0.05) is 28.3 Å². The molecular formula is C36H28BN3. The van der Waals surface area contributed by atoms with Crippen molar-refractivity contribution in [2.75, 3.05) is 4.90 Å². The van der Waals surface area contributed by atoms with Gasteiger partial charge in [-0.1, -0.05) is 81.4 Å². The third kappa shape index (κ3) is 2.69. The standard InChI is InChI=1S/C36H28BN3/c1-21-19-29-33-30(20-21)40-34-27(38-35(40)22-9-6-5-7-10-22)18-17-26-25-11-8-12-28(31(25)37(33)32(26)34)39(29)24-15-13-23(14-16-24)36(2,3)4/h5-20H,1-4H3. The minimum atomic E-state index is 0.112. The van der Waals surface area contributed by atoms with Crippen LogP contribution in [0.3, 0.4) is 0 Å². The van der Waals surface area contributed by atoms with Gasteiger partial charge < -0.3 is 4.90 Å². The minimum absolute atomic E-state index is 0.112. The number of anilines is 3. The highest BCUT2D eigenvalue weighted by molar-refractivity contribution is 7.03. The van der Waals surface area contributed by atoms with Gasteiger partial charge in [0.15, 0.2) is 0 Å². The summed E-state index contributed by atoms with van der Waals surface area (Å²) in [4.78, 5) is 7.76. The second-order valence-electron chi connectivity index (χ2n) is 12.6. The third-order valence-corrected chi connectivity index (χ3v) is 9.12. The highest BCUT2D eigenvalue weighted by atomic mass is 15.2. The zero-order valence-corrected chi connectivity index (χ0v) is 23.2. The van der Waals surface area contributed by atoms with Gasteiger partial charge in [0.1, 0.15) is 5.82 Å². The van der Waals surface area contributed by atoms with E-state index in [2.05, 4.69) is 134 Å². The maximum Gasteiger partial charge on any atom is 0.253 e. The Balaban J connectivity index is 1.41. The second-order valence-corrected chi connectivity index (χ2v) is 12.6. The molecule has 0 atom stereocenters. The van der Waals surface area contributed by atoms with Gasteiger partial charge in [0.2, 0.25) is 0 Å². The van der Waals surface area contributed by atoms with Crippen LogP contribution in [0.5, 0.6) is 0 Å². The molecule has 40 heavy (non-hydrogen) atoms. The van der Waals surface area contributed by atoms with Gasteiger partial charge in [-0.2, -0.15) is 0 Å². The number of aryl methyl sites for hydroxylation is 1. The fraction of sp³-hybridized carbons (Fsp3) is 0.139. The van der Waals surface area contributed by atoms with Gasteiger partial charge in [-0.05, 0) is 87.4 Å². The number of imidazole rings is 1. The molecule has 0 saturated carbocycles. The molecule has 0 amide bonds. The van der Waals surface area contributed by atoms with Gasteiger partial charge in [-0.25, -0.2) is 4.98 Å². The van der Waals surface area contributed by atoms with Crippen LogP contribution in [-0.4, -0.2) is 16.3 Å². The number of hydrogen-bond acceptors (Lipinski definition) is 2. The Kier molecular flexibility index (Phi) is 4.09. The lowest BCUT2D eigenvalue weighted by Crippen LogP contribution is -2.58. The smallest absolute Gasteiger partial charge is 0.253 e. The Labute approximate surface area is 234 Å². The topological polar surface area (TPSA) is 21.1 Å². The number of benzene rings is 5. The average molecular weight is 513 g/mol. The van der Waals surface area contributed by atoms with E-state index in [-0.39, 0.29) is 12.1 Å². The molecule has 3 aliphatic rings. The van der Waals surface area contributed by atoms with Gasteiger partial charge in [-0.3, -0.25) is 4.57 Å². The van der Waals surface area contributed by atoms with Crippen molar-refractivity contribution in [2.45, 2.75) is 33.1 Å². The van der Waals surface area contributed by atoms with Gasteiger partial charge in [-0.15, -0.1) is 0 Å². The molecule has 0 radical (unpaired) electrons. The lowest BCUT2D eigenvalue weighted by molar-refractivity contribution is 0.590. The molecule has 0 fully saturated rings. The van der Waals surface area contributed by atoms with E-state index in [0.717, 1.165) is 16.9 Å². The first-order valence-corrected chi connectivity index (χ1v) is 14.2. The Morgan fingerprint density at radius 3 is 2.20 bits per heavy atom. The molecule has 3 nitrogen and oxygen atoms in total. The molecule has 9 rings (SSSR count). The lowest BCUT2D eigenvalue weighted by Gasteiger charge is -2.39. The molecular weight excluding hydrogens is 485 g/mol. The van der Waals surface area contributed by atoms with Gasteiger partial charge in [0.05, 0.1) is 11.0 Å². The Morgan fingerprint density at radius 1 is 0.675 bits per heavy atom. The molecule has 6 aromatic rings. The molecule has 0 bridgehead atoms. The molecule has 0 unspecified atom stereocenters. The summed E-state index contributed by atoms with van der Waals surface area (Å²) < 4.78 is 2.45. The van der Waals surface area contributed by atoms with Crippen molar-refractivity contribution in [3.63, 3.8) is 0 Å². The van der Waals surface area contributed by atoms with Crippen LogP contribution in [0, 0.1) is 6.92 Å². The first-order valence-electron chi connectivity index (χ1n) is 14.2. The average Bonchev–Trinajstić information content (AvgIpc) is 3.50. The predicted octanol–water partition coefficient (Wildman–Crippen LogP) is 6.89. The SMILES string of the molecule is Cc1cc2c3c(c1)-n1c(-c4ccccc4)nc4ccc5c(c41)B3c1c-5cccc1N2c1ccc(C(C)(C)C)cc1. The largest absolute Gasteiger partial charge is 0.311 e. The van der Waals surface area contributed by atoms with E-state index in [4.69, 9.17) is 4.98 Å². The van der Waals surface area contributed by atoms with E-state index < -0.39 is 0 Å². The summed E-state index contributed by atoms with van der Waals surface area (Å²) in [5, 5.41) is 0. The molecule has 4 heteroatoms. The summed E-state index contributed by atoms with van der Waals surface area (Å²) in [6.07, 6.45) is 0. The van der Waals surface area contributed by atoms with Gasteiger partial charge >= 0.3 is 0 Å². The summed E-state index contributed by atoms with van der Waals surface area (Å²) in [7, 11) is 0. The first-order chi connectivity index (χ1) is 19.4. The Hall–Kier alpha value is -4.57. The van der Waals surface area contributed by atoms with E-state index in [1.807, 2.05) is 0 Å². The van der Waals surface area contributed by atoms with Gasteiger partial charge in [0.25, 0.3) is 6.71 Å². The van der Waals surface area contributed by atoms with Crippen LogP contribution in [0.4, 0.5) is 17.1 Å². The van der Waals surface area contributed by atoms with Crippen molar-refractivity contribution in [1.29, 1.82) is 0 Å². The molecule has 4 heterocycles. The normalized spacial score (nSPS) is 13.9. The molecule has 5 aromatic carbocycles. The number of nitrogens with zero attached hydrogens (tertiary/aromatic N) is 3. The van der Waals surface area contributed by atoms with E-state index >= 15 is 0 Å². The van der Waals surface area contributed by atoms with Crippen LogP contribution in [0.15, 0.2) is 97.1 Å². The maximum absolute atomic E-state index is 5.26. The summed E-state index contributed by atoms with van der Waals surface area (Å²) in [6.45, 7) is 9.27. The highest BCUT2D eigenvalue weighted by Crippen LogP contribution is 2.45. The van der Waals surface area contributed by atoms with Crippen LogP contribution in [-0.2, 0) is 5.41 Å². The molecule has 1 aromatic heterocycles. The number of hydrogen-bond donors (Lipinski definition) is 0. The van der Waals surface area contributed by atoms with Crippen molar-refractivity contribution in [3.05, 3.63) is 108 Å². The van der Waals surface area contributed by atoms with Crippen molar-refractivity contribution >= 4 is 51.2 Å². The van der Waals surface area contributed by atoms with Crippen LogP contribution >= 0.6 is 0 Å². The summed E-state index contributed by atoms with van der Waals surface area (Å²) >= 11 is 0. The molecule has 190 valence electrons. The molecule has 0 N–H and O–H groups in total. The van der Waals surface area contributed by atoms with Crippen LogP contribution in [0.25, 0.3) is 39.2 Å². The fourth-order valence-electron chi connectivity index (χ4n) is 7.40. The zero-order valence-electron chi connectivity index (χ0n) is 23.2. The predicted molar refractivity (Wildman–Crippen MR) is 168 cm³/mol. The lowest BCUT2D eigenvalue weighted by atomic mass is 9.35. The molecule has 0 saturated heterocycles. The summed E-state index contributed by atoms with van der Waals surface area (Å²) in [5.41, 5.74) is 18.1. The first kappa shape index (κ1) is 22.3. The van der Waals surface area contributed by atoms with E-state index in [9.17, 15) is 0 Å².